The van der Waals surface area contributed by atoms with Crippen LogP contribution in [0.1, 0.15) is 24.5 Å². The van der Waals surface area contributed by atoms with E-state index < -0.39 is 0 Å². The number of carbonyl (C=O) groups is 1. The summed E-state index contributed by atoms with van der Waals surface area (Å²) >= 11 is 0. The van der Waals surface area contributed by atoms with E-state index in [2.05, 4.69) is 4.98 Å². The lowest BCUT2D eigenvalue weighted by atomic mass is 10.1. The molecule has 5 nitrogen and oxygen atoms in total. The Morgan fingerprint density at radius 2 is 1.92 bits per heavy atom. The van der Waals surface area contributed by atoms with Crippen LogP contribution in [0.15, 0.2) is 48.8 Å². The molecule has 5 heteroatoms. The summed E-state index contributed by atoms with van der Waals surface area (Å²) in [5.74, 6) is 0.853. The zero-order valence-electron chi connectivity index (χ0n) is 13.9. The first-order chi connectivity index (χ1) is 11.7. The van der Waals surface area contributed by atoms with Gasteiger partial charge in [-0.15, -0.1) is 0 Å². The second kappa shape index (κ2) is 7.81. The maximum atomic E-state index is 11.6. The van der Waals surface area contributed by atoms with E-state index in [9.17, 15) is 4.79 Å². The van der Waals surface area contributed by atoms with E-state index in [1.54, 1.807) is 4.90 Å². The summed E-state index contributed by atoms with van der Waals surface area (Å²) in [4.78, 5) is 17.4. The summed E-state index contributed by atoms with van der Waals surface area (Å²) in [5, 5.41) is 0. The Kier molecular flexibility index (Phi) is 5.31. The molecule has 0 saturated carbocycles. The lowest BCUT2D eigenvalue weighted by Gasteiger charge is -2.13. The monoisotopic (exact) mass is 326 g/mol. The van der Waals surface area contributed by atoms with Crippen LogP contribution in [0, 0.1) is 0 Å². The van der Waals surface area contributed by atoms with Crippen molar-refractivity contribution < 1.29 is 14.3 Å². The molecule has 1 saturated heterocycles. The van der Waals surface area contributed by atoms with Gasteiger partial charge in [0.1, 0.15) is 11.9 Å². The van der Waals surface area contributed by atoms with Gasteiger partial charge < -0.3 is 14.4 Å². The van der Waals surface area contributed by atoms with Crippen molar-refractivity contribution in [2.75, 3.05) is 13.2 Å². The zero-order valence-corrected chi connectivity index (χ0v) is 13.9. The van der Waals surface area contributed by atoms with E-state index in [1.807, 2.05) is 55.7 Å². The largest absolute Gasteiger partial charge is 0.494 e. The van der Waals surface area contributed by atoms with Crippen molar-refractivity contribution in [3.63, 3.8) is 0 Å². The van der Waals surface area contributed by atoms with E-state index in [0.29, 0.717) is 19.7 Å². The van der Waals surface area contributed by atoms with Crippen LogP contribution in [0.5, 0.6) is 5.75 Å². The summed E-state index contributed by atoms with van der Waals surface area (Å²) in [7, 11) is 0. The number of amides is 1. The number of carbonyl (C=O) groups excluding carboxylic acids is 1. The van der Waals surface area contributed by atoms with Crippen molar-refractivity contribution in [2.45, 2.75) is 32.4 Å². The number of cyclic esters (lactones) is 1. The Labute approximate surface area is 142 Å². The summed E-state index contributed by atoms with van der Waals surface area (Å²) in [6.45, 7) is 3.80. The zero-order chi connectivity index (χ0) is 16.8. The molecule has 1 aromatic heterocycles. The summed E-state index contributed by atoms with van der Waals surface area (Å²) < 4.78 is 10.9. The molecule has 2 heterocycles. The molecule has 3 rings (SSSR count). The molecule has 0 bridgehead atoms. The molecule has 0 N–H and O–H groups in total. The Hall–Kier alpha value is -2.56. The molecule has 1 fully saturated rings. The van der Waals surface area contributed by atoms with Gasteiger partial charge in [-0.25, -0.2) is 4.79 Å². The highest BCUT2D eigenvalue weighted by molar-refractivity contribution is 5.69. The maximum absolute atomic E-state index is 11.6. The number of benzene rings is 1. The van der Waals surface area contributed by atoms with Crippen molar-refractivity contribution in [1.29, 1.82) is 0 Å². The van der Waals surface area contributed by atoms with Crippen molar-refractivity contribution in [3.8, 4) is 5.75 Å². The predicted octanol–water partition coefficient (Wildman–Crippen LogP) is 3.43. The van der Waals surface area contributed by atoms with Crippen LogP contribution in [0.4, 0.5) is 4.79 Å². The minimum absolute atomic E-state index is 0.0273. The number of aromatic nitrogens is 1. The predicted molar refractivity (Wildman–Crippen MR) is 90.8 cm³/mol. The van der Waals surface area contributed by atoms with Crippen molar-refractivity contribution >= 4 is 6.09 Å². The Morgan fingerprint density at radius 1 is 1.17 bits per heavy atom. The molecule has 0 spiro atoms. The van der Waals surface area contributed by atoms with Crippen LogP contribution >= 0.6 is 0 Å². The van der Waals surface area contributed by atoms with Crippen molar-refractivity contribution in [3.05, 3.63) is 59.9 Å². The molecule has 1 aliphatic heterocycles. The number of rotatable bonds is 7. The molecule has 0 aliphatic carbocycles. The van der Waals surface area contributed by atoms with Gasteiger partial charge in [-0.1, -0.05) is 12.1 Å². The second-order valence-corrected chi connectivity index (χ2v) is 6.03. The van der Waals surface area contributed by atoms with Gasteiger partial charge in [-0.05, 0) is 55.2 Å². The van der Waals surface area contributed by atoms with Gasteiger partial charge in [0.25, 0.3) is 0 Å². The number of aryl methyl sites for hydroxylation is 1. The van der Waals surface area contributed by atoms with E-state index in [1.165, 1.54) is 5.56 Å². The standard InChI is InChI=1S/C19H22N2O3/c1-15-13-21(19(22)24-15)14-17-4-6-18(7-5-17)23-12-2-3-16-8-10-20-11-9-16/h4-11,15H,2-3,12-14H2,1H3. The molecule has 1 unspecified atom stereocenters. The molecule has 1 aromatic carbocycles. The summed E-state index contributed by atoms with van der Waals surface area (Å²) in [6.07, 6.45) is 5.30. The first-order valence-corrected chi connectivity index (χ1v) is 8.27. The second-order valence-electron chi connectivity index (χ2n) is 6.03. The molecule has 24 heavy (non-hydrogen) atoms. The lowest BCUT2D eigenvalue weighted by molar-refractivity contribution is 0.137. The van der Waals surface area contributed by atoms with Gasteiger partial charge >= 0.3 is 6.09 Å². The van der Waals surface area contributed by atoms with Gasteiger partial charge in [-0.3, -0.25) is 4.98 Å². The van der Waals surface area contributed by atoms with E-state index in [4.69, 9.17) is 9.47 Å². The number of pyridine rings is 1. The van der Waals surface area contributed by atoms with Crippen molar-refractivity contribution in [1.82, 2.24) is 9.88 Å². The molecule has 126 valence electrons. The van der Waals surface area contributed by atoms with Crippen molar-refractivity contribution in [2.24, 2.45) is 0 Å². The highest BCUT2D eigenvalue weighted by Gasteiger charge is 2.27. The van der Waals surface area contributed by atoms with Crippen LogP contribution in [0.3, 0.4) is 0 Å². The molecule has 0 radical (unpaired) electrons. The van der Waals surface area contributed by atoms with E-state index >= 15 is 0 Å². The molecule has 1 aliphatic rings. The van der Waals surface area contributed by atoms with Gasteiger partial charge in [-0.2, -0.15) is 0 Å². The summed E-state index contributed by atoms with van der Waals surface area (Å²) in [5.41, 5.74) is 2.35. The molecule has 1 atom stereocenters. The van der Waals surface area contributed by atoms with Crippen LogP contribution in [-0.4, -0.2) is 35.2 Å². The molecule has 2 aromatic rings. The quantitative estimate of drug-likeness (QED) is 0.732. The normalized spacial score (nSPS) is 17.0. The smallest absolute Gasteiger partial charge is 0.410 e. The molecular weight excluding hydrogens is 304 g/mol. The minimum Gasteiger partial charge on any atom is -0.494 e. The Bertz CT molecular complexity index is 658. The third kappa shape index (κ3) is 4.47. The third-order valence-corrected chi connectivity index (χ3v) is 3.96. The number of hydrogen-bond acceptors (Lipinski definition) is 4. The first-order valence-electron chi connectivity index (χ1n) is 8.27. The Balaban J connectivity index is 1.42. The highest BCUT2D eigenvalue weighted by Crippen LogP contribution is 2.18. The topological polar surface area (TPSA) is 51.7 Å². The third-order valence-electron chi connectivity index (χ3n) is 3.96. The van der Waals surface area contributed by atoms with Gasteiger partial charge in [0, 0.05) is 18.9 Å². The average Bonchev–Trinajstić information content (AvgIpc) is 2.91. The number of hydrogen-bond donors (Lipinski definition) is 0. The van der Waals surface area contributed by atoms with Gasteiger partial charge in [0.15, 0.2) is 0 Å². The van der Waals surface area contributed by atoms with E-state index in [0.717, 1.165) is 24.2 Å². The van der Waals surface area contributed by atoms with Crippen LogP contribution in [0.2, 0.25) is 0 Å². The van der Waals surface area contributed by atoms with Gasteiger partial charge in [0.2, 0.25) is 0 Å². The Morgan fingerprint density at radius 3 is 2.58 bits per heavy atom. The highest BCUT2D eigenvalue weighted by atomic mass is 16.6. The number of ether oxygens (including phenoxy) is 2. The SMILES string of the molecule is CC1CN(Cc2ccc(OCCCc3ccncc3)cc2)C(=O)O1. The lowest BCUT2D eigenvalue weighted by Crippen LogP contribution is -2.24. The molecular formula is C19H22N2O3. The van der Waals surface area contributed by atoms with Crippen LogP contribution in [-0.2, 0) is 17.7 Å². The number of nitrogens with zero attached hydrogens (tertiary/aromatic N) is 2. The fraction of sp³-hybridized carbons (Fsp3) is 0.368. The van der Waals surface area contributed by atoms with Crippen LogP contribution < -0.4 is 4.74 Å². The fourth-order valence-corrected chi connectivity index (χ4v) is 2.73. The molecule has 1 amide bonds. The fourth-order valence-electron chi connectivity index (χ4n) is 2.73. The average molecular weight is 326 g/mol. The first kappa shape index (κ1) is 16.3. The van der Waals surface area contributed by atoms with E-state index in [-0.39, 0.29) is 12.2 Å². The summed E-state index contributed by atoms with van der Waals surface area (Å²) in [6, 6.07) is 11.9. The maximum Gasteiger partial charge on any atom is 0.410 e. The minimum atomic E-state index is -0.237. The van der Waals surface area contributed by atoms with Crippen LogP contribution in [0.25, 0.3) is 0 Å². The van der Waals surface area contributed by atoms with Gasteiger partial charge in [0.05, 0.1) is 13.2 Å².